The van der Waals surface area contributed by atoms with Gasteiger partial charge in [-0.15, -0.1) is 0 Å². The Balaban J connectivity index is 2.06. The van der Waals surface area contributed by atoms with E-state index in [2.05, 4.69) is 21.2 Å². The van der Waals surface area contributed by atoms with Gasteiger partial charge in [-0.05, 0) is 13.0 Å². The lowest BCUT2D eigenvalue weighted by atomic mass is 9.89. The minimum absolute atomic E-state index is 0.0328. The minimum Gasteiger partial charge on any atom is -0.337 e. The van der Waals surface area contributed by atoms with Crippen molar-refractivity contribution in [3.63, 3.8) is 0 Å². The molecule has 19 heavy (non-hydrogen) atoms. The molecule has 0 aliphatic carbocycles. The first-order valence-corrected chi connectivity index (χ1v) is 6.26. The molecule has 0 aromatic heterocycles. The maximum absolute atomic E-state index is 14.0. The molecular weight excluding hydrogens is 247 g/mol. The van der Waals surface area contributed by atoms with E-state index in [-0.39, 0.29) is 36.4 Å². The van der Waals surface area contributed by atoms with Gasteiger partial charge in [0.25, 0.3) is 0 Å². The summed E-state index contributed by atoms with van der Waals surface area (Å²) in [6.07, 6.45) is -0.261. The van der Waals surface area contributed by atoms with E-state index in [4.69, 9.17) is 0 Å². The standard InChI is InChI=1S/C13H15FN4O/c1-7-11-12(8-4-2-3-5-9(8)14)15-6-10(19)16-13(11)18-17-7/h2-5,7,11,13,17-18H,6H2,1H3,(H,16,19). The Morgan fingerprint density at radius 2 is 2.11 bits per heavy atom. The van der Waals surface area contributed by atoms with E-state index < -0.39 is 0 Å². The molecule has 2 heterocycles. The van der Waals surface area contributed by atoms with Gasteiger partial charge in [-0.25, -0.2) is 9.82 Å². The van der Waals surface area contributed by atoms with Gasteiger partial charge in [-0.1, -0.05) is 18.2 Å². The number of carbonyl (C=O) groups excluding carboxylic acids is 1. The normalized spacial score (nSPS) is 30.3. The fourth-order valence-electron chi connectivity index (χ4n) is 2.63. The molecule has 0 radical (unpaired) electrons. The van der Waals surface area contributed by atoms with Crippen LogP contribution < -0.4 is 16.2 Å². The molecule has 1 saturated heterocycles. The molecule has 3 unspecified atom stereocenters. The first kappa shape index (κ1) is 12.3. The molecule has 1 aromatic carbocycles. The van der Waals surface area contributed by atoms with E-state index in [1.807, 2.05) is 6.92 Å². The van der Waals surface area contributed by atoms with Gasteiger partial charge < -0.3 is 5.32 Å². The van der Waals surface area contributed by atoms with Crippen LogP contribution in [0.5, 0.6) is 0 Å². The first-order valence-electron chi connectivity index (χ1n) is 6.26. The van der Waals surface area contributed by atoms with Crippen molar-refractivity contribution in [3.8, 4) is 0 Å². The zero-order valence-corrected chi connectivity index (χ0v) is 10.5. The number of carbonyl (C=O) groups is 1. The molecule has 3 atom stereocenters. The third-order valence-corrected chi connectivity index (χ3v) is 3.54. The second-order valence-electron chi connectivity index (χ2n) is 4.83. The summed E-state index contributed by atoms with van der Waals surface area (Å²) in [5.74, 6) is -0.568. The van der Waals surface area contributed by atoms with Gasteiger partial charge >= 0.3 is 0 Å². The zero-order chi connectivity index (χ0) is 13.4. The molecule has 3 N–H and O–H groups in total. The molecule has 6 heteroatoms. The number of nitrogens with one attached hydrogen (secondary N) is 3. The van der Waals surface area contributed by atoms with Crippen LogP contribution in [0.15, 0.2) is 29.3 Å². The molecule has 0 bridgehead atoms. The SMILES string of the molecule is CC1NNC2NC(=O)CN=C(c3ccccc3F)C12. The monoisotopic (exact) mass is 262 g/mol. The summed E-state index contributed by atoms with van der Waals surface area (Å²) in [7, 11) is 0. The predicted octanol–water partition coefficient (Wildman–Crippen LogP) is 0.183. The summed E-state index contributed by atoms with van der Waals surface area (Å²) < 4.78 is 14.0. The van der Waals surface area contributed by atoms with Crippen LogP contribution in [-0.2, 0) is 4.79 Å². The molecule has 1 fully saturated rings. The number of nitrogens with zero attached hydrogens (tertiary/aromatic N) is 1. The molecule has 1 amide bonds. The molecule has 1 aromatic rings. The van der Waals surface area contributed by atoms with Gasteiger partial charge in [0, 0.05) is 11.6 Å². The van der Waals surface area contributed by atoms with Crippen molar-refractivity contribution in [2.24, 2.45) is 10.9 Å². The predicted molar refractivity (Wildman–Crippen MR) is 69.0 cm³/mol. The fraction of sp³-hybridized carbons (Fsp3) is 0.385. The summed E-state index contributed by atoms with van der Waals surface area (Å²) in [6, 6.07) is 6.59. The molecular formula is C13H15FN4O. The highest BCUT2D eigenvalue weighted by atomic mass is 19.1. The van der Waals surface area contributed by atoms with Crippen LogP contribution in [0.2, 0.25) is 0 Å². The number of hydrazine groups is 1. The average molecular weight is 262 g/mol. The van der Waals surface area contributed by atoms with E-state index in [1.54, 1.807) is 18.2 Å². The Labute approximate surface area is 110 Å². The van der Waals surface area contributed by atoms with Crippen molar-refractivity contribution in [2.45, 2.75) is 19.1 Å². The lowest BCUT2D eigenvalue weighted by molar-refractivity contribution is -0.120. The lowest BCUT2D eigenvalue weighted by Crippen LogP contribution is -2.47. The Morgan fingerprint density at radius 3 is 2.89 bits per heavy atom. The highest BCUT2D eigenvalue weighted by molar-refractivity contribution is 6.05. The maximum Gasteiger partial charge on any atom is 0.242 e. The molecule has 0 saturated carbocycles. The number of benzene rings is 1. The molecule has 0 spiro atoms. The smallest absolute Gasteiger partial charge is 0.242 e. The molecule has 5 nitrogen and oxygen atoms in total. The summed E-state index contributed by atoms with van der Waals surface area (Å²) in [4.78, 5) is 15.9. The van der Waals surface area contributed by atoms with Crippen molar-refractivity contribution < 1.29 is 9.18 Å². The largest absolute Gasteiger partial charge is 0.337 e. The van der Waals surface area contributed by atoms with Crippen molar-refractivity contribution in [3.05, 3.63) is 35.6 Å². The summed E-state index contributed by atoms with van der Waals surface area (Å²) >= 11 is 0. The second kappa shape index (κ2) is 4.71. The number of hydrogen-bond donors (Lipinski definition) is 3. The van der Waals surface area contributed by atoms with Crippen LogP contribution >= 0.6 is 0 Å². The van der Waals surface area contributed by atoms with E-state index >= 15 is 0 Å². The van der Waals surface area contributed by atoms with Crippen LogP contribution in [0.4, 0.5) is 4.39 Å². The van der Waals surface area contributed by atoms with Crippen LogP contribution in [0.1, 0.15) is 12.5 Å². The highest BCUT2D eigenvalue weighted by Gasteiger charge is 2.40. The van der Waals surface area contributed by atoms with Crippen LogP contribution in [0.3, 0.4) is 0 Å². The lowest BCUT2D eigenvalue weighted by Gasteiger charge is -2.21. The van der Waals surface area contributed by atoms with Gasteiger partial charge in [0.05, 0.1) is 11.6 Å². The first-order chi connectivity index (χ1) is 9.16. The molecule has 2 aliphatic heterocycles. The van der Waals surface area contributed by atoms with E-state index in [0.29, 0.717) is 11.3 Å². The zero-order valence-electron chi connectivity index (χ0n) is 10.5. The minimum atomic E-state index is -0.312. The number of amides is 1. The summed E-state index contributed by atoms with van der Waals surface area (Å²) in [5, 5.41) is 2.84. The topological polar surface area (TPSA) is 65.5 Å². The quantitative estimate of drug-likeness (QED) is 0.676. The Hall–Kier alpha value is -1.79. The molecule has 2 aliphatic rings. The summed E-state index contributed by atoms with van der Waals surface area (Å²) in [6.45, 7) is 2.01. The van der Waals surface area contributed by atoms with Crippen LogP contribution in [0, 0.1) is 11.7 Å². The fourth-order valence-corrected chi connectivity index (χ4v) is 2.63. The van der Waals surface area contributed by atoms with Gasteiger partial charge in [0.2, 0.25) is 5.91 Å². The van der Waals surface area contributed by atoms with Crippen molar-refractivity contribution in [1.29, 1.82) is 0 Å². The maximum atomic E-state index is 14.0. The Kier molecular flexibility index (Phi) is 3.04. The highest BCUT2D eigenvalue weighted by Crippen LogP contribution is 2.23. The third-order valence-electron chi connectivity index (χ3n) is 3.54. The number of halogens is 1. The van der Waals surface area contributed by atoms with Crippen molar-refractivity contribution in [1.82, 2.24) is 16.2 Å². The van der Waals surface area contributed by atoms with E-state index in [0.717, 1.165) is 0 Å². The van der Waals surface area contributed by atoms with Gasteiger partial charge in [-0.3, -0.25) is 15.2 Å². The van der Waals surface area contributed by atoms with E-state index in [1.165, 1.54) is 6.07 Å². The molecule has 100 valence electrons. The van der Waals surface area contributed by atoms with Crippen molar-refractivity contribution >= 4 is 11.6 Å². The number of hydrogen-bond acceptors (Lipinski definition) is 4. The summed E-state index contributed by atoms with van der Waals surface area (Å²) in [5.41, 5.74) is 7.17. The van der Waals surface area contributed by atoms with Crippen LogP contribution in [0.25, 0.3) is 0 Å². The third kappa shape index (κ3) is 2.13. The number of fused-ring (bicyclic) bond motifs is 1. The van der Waals surface area contributed by atoms with Crippen LogP contribution in [-0.4, -0.2) is 30.4 Å². The van der Waals surface area contributed by atoms with Gasteiger partial charge in [0.1, 0.15) is 18.5 Å². The number of rotatable bonds is 1. The molecule has 3 rings (SSSR count). The van der Waals surface area contributed by atoms with Crippen molar-refractivity contribution in [2.75, 3.05) is 6.54 Å². The van der Waals surface area contributed by atoms with E-state index in [9.17, 15) is 9.18 Å². The van der Waals surface area contributed by atoms with Gasteiger partial charge in [-0.2, -0.15) is 0 Å². The van der Waals surface area contributed by atoms with Gasteiger partial charge in [0.15, 0.2) is 0 Å². The average Bonchev–Trinajstić information content (AvgIpc) is 2.65. The second-order valence-corrected chi connectivity index (χ2v) is 4.83. The number of aliphatic imine (C=N–C) groups is 1. The Bertz CT molecular complexity index is 545. The Morgan fingerprint density at radius 1 is 1.32 bits per heavy atom.